The van der Waals surface area contributed by atoms with E-state index in [0.717, 1.165) is 6.42 Å². The fourth-order valence-electron chi connectivity index (χ4n) is 0.724. The van der Waals surface area contributed by atoms with Crippen molar-refractivity contribution in [2.45, 2.75) is 26.2 Å². The standard InChI is InChI=1S/C8H14ClNO3/c1-2-13-8(12)10-7(11)5-3-4-6-9/h2-6H2,1H3,(H,10,11,12). The number of halogens is 1. The average Bonchev–Trinajstić information content (AvgIpc) is 2.05. The molecule has 0 radical (unpaired) electrons. The van der Waals surface area contributed by atoms with Crippen molar-refractivity contribution in [3.63, 3.8) is 0 Å². The van der Waals surface area contributed by atoms with Gasteiger partial charge in [-0.2, -0.15) is 0 Å². The molecule has 0 bridgehead atoms. The summed E-state index contributed by atoms with van der Waals surface area (Å²) in [6, 6.07) is 0. The number of hydrogen-bond acceptors (Lipinski definition) is 3. The van der Waals surface area contributed by atoms with Crippen molar-refractivity contribution in [2.75, 3.05) is 12.5 Å². The molecule has 0 atom stereocenters. The van der Waals surface area contributed by atoms with Gasteiger partial charge in [0, 0.05) is 12.3 Å². The van der Waals surface area contributed by atoms with E-state index in [4.69, 9.17) is 11.6 Å². The Morgan fingerprint density at radius 2 is 2.08 bits per heavy atom. The number of carbonyl (C=O) groups excluding carboxylic acids is 2. The predicted molar refractivity (Wildman–Crippen MR) is 49.7 cm³/mol. The Labute approximate surface area is 82.6 Å². The van der Waals surface area contributed by atoms with Gasteiger partial charge < -0.3 is 4.74 Å². The van der Waals surface area contributed by atoms with Crippen LogP contribution in [0.3, 0.4) is 0 Å². The molecule has 0 aromatic carbocycles. The maximum absolute atomic E-state index is 10.9. The molecule has 0 aliphatic carbocycles. The molecule has 0 fully saturated rings. The van der Waals surface area contributed by atoms with Gasteiger partial charge in [0.1, 0.15) is 0 Å². The predicted octanol–water partition coefficient (Wildman–Crippen LogP) is 1.67. The number of hydrogen-bond donors (Lipinski definition) is 1. The van der Waals surface area contributed by atoms with Crippen molar-refractivity contribution in [1.29, 1.82) is 0 Å². The van der Waals surface area contributed by atoms with Gasteiger partial charge in [0.2, 0.25) is 5.91 Å². The van der Waals surface area contributed by atoms with Gasteiger partial charge in [0.25, 0.3) is 0 Å². The van der Waals surface area contributed by atoms with E-state index in [1.165, 1.54) is 0 Å². The number of carbonyl (C=O) groups is 2. The van der Waals surface area contributed by atoms with E-state index in [9.17, 15) is 9.59 Å². The van der Waals surface area contributed by atoms with E-state index in [-0.39, 0.29) is 12.5 Å². The molecule has 0 rings (SSSR count). The van der Waals surface area contributed by atoms with Crippen LogP contribution in [0.4, 0.5) is 4.79 Å². The zero-order chi connectivity index (χ0) is 10.1. The highest BCUT2D eigenvalue weighted by Crippen LogP contribution is 1.96. The average molecular weight is 208 g/mol. The van der Waals surface area contributed by atoms with Gasteiger partial charge in [0.05, 0.1) is 6.61 Å². The molecular formula is C8H14ClNO3. The molecule has 1 N–H and O–H groups in total. The summed E-state index contributed by atoms with van der Waals surface area (Å²) in [7, 11) is 0. The van der Waals surface area contributed by atoms with Crippen molar-refractivity contribution in [2.24, 2.45) is 0 Å². The summed E-state index contributed by atoms with van der Waals surface area (Å²) in [6.07, 6.45) is 1.09. The molecule has 0 saturated carbocycles. The number of amides is 2. The molecule has 4 nitrogen and oxygen atoms in total. The SMILES string of the molecule is CCOC(=O)NC(=O)CCCCCl. The summed E-state index contributed by atoms with van der Waals surface area (Å²) in [5.74, 6) is 0.218. The lowest BCUT2D eigenvalue weighted by atomic mass is 10.2. The van der Waals surface area contributed by atoms with Gasteiger partial charge >= 0.3 is 6.09 Å². The minimum absolute atomic E-state index is 0.265. The van der Waals surface area contributed by atoms with Crippen LogP contribution in [-0.2, 0) is 9.53 Å². The van der Waals surface area contributed by atoms with Gasteiger partial charge in [-0.1, -0.05) is 0 Å². The van der Waals surface area contributed by atoms with Crippen molar-refractivity contribution in [3.8, 4) is 0 Å². The van der Waals surface area contributed by atoms with Crippen LogP contribution in [0.1, 0.15) is 26.2 Å². The highest BCUT2D eigenvalue weighted by Gasteiger charge is 2.06. The number of nitrogens with one attached hydrogen (secondary N) is 1. The minimum atomic E-state index is -0.682. The molecule has 0 unspecified atom stereocenters. The lowest BCUT2D eigenvalue weighted by Crippen LogP contribution is -2.30. The largest absolute Gasteiger partial charge is 0.450 e. The Hall–Kier alpha value is -0.770. The zero-order valence-corrected chi connectivity index (χ0v) is 8.39. The fourth-order valence-corrected chi connectivity index (χ4v) is 0.913. The lowest BCUT2D eigenvalue weighted by Gasteiger charge is -2.02. The van der Waals surface area contributed by atoms with Gasteiger partial charge in [-0.05, 0) is 19.8 Å². The summed E-state index contributed by atoms with van der Waals surface area (Å²) < 4.78 is 4.52. The van der Waals surface area contributed by atoms with Crippen LogP contribution in [0.5, 0.6) is 0 Å². The molecule has 2 amide bonds. The topological polar surface area (TPSA) is 55.4 Å². The van der Waals surface area contributed by atoms with Gasteiger partial charge in [-0.3, -0.25) is 10.1 Å². The summed E-state index contributed by atoms with van der Waals surface area (Å²) in [5, 5.41) is 2.10. The second kappa shape index (κ2) is 7.86. The molecule has 76 valence electrons. The first kappa shape index (κ1) is 12.2. The maximum atomic E-state index is 10.9. The third-order valence-electron chi connectivity index (χ3n) is 1.30. The van der Waals surface area contributed by atoms with Crippen LogP contribution in [0.15, 0.2) is 0 Å². The Balaban J connectivity index is 3.44. The van der Waals surface area contributed by atoms with Crippen LogP contribution in [0.2, 0.25) is 0 Å². The zero-order valence-electron chi connectivity index (χ0n) is 7.64. The monoisotopic (exact) mass is 207 g/mol. The fraction of sp³-hybridized carbons (Fsp3) is 0.750. The van der Waals surface area contributed by atoms with Crippen LogP contribution >= 0.6 is 11.6 Å². The van der Waals surface area contributed by atoms with Crippen LogP contribution < -0.4 is 5.32 Å². The van der Waals surface area contributed by atoms with E-state index in [2.05, 4.69) is 10.1 Å². The Morgan fingerprint density at radius 3 is 2.62 bits per heavy atom. The number of alkyl halides is 1. The minimum Gasteiger partial charge on any atom is -0.450 e. The number of imide groups is 1. The second-order valence-electron chi connectivity index (χ2n) is 2.41. The van der Waals surface area contributed by atoms with E-state index >= 15 is 0 Å². The van der Waals surface area contributed by atoms with E-state index < -0.39 is 6.09 Å². The van der Waals surface area contributed by atoms with Crippen LogP contribution in [0, 0.1) is 0 Å². The molecule has 0 aromatic rings. The third-order valence-corrected chi connectivity index (χ3v) is 1.57. The maximum Gasteiger partial charge on any atom is 0.413 e. The summed E-state index contributed by atoms with van der Waals surface area (Å²) in [5.41, 5.74) is 0. The normalized spacial score (nSPS) is 9.38. The van der Waals surface area contributed by atoms with Crippen LogP contribution in [-0.4, -0.2) is 24.5 Å². The molecule has 0 aromatic heterocycles. The highest BCUT2D eigenvalue weighted by molar-refractivity contribution is 6.17. The summed E-state index contributed by atoms with van der Waals surface area (Å²) in [6.45, 7) is 1.94. The molecule has 5 heteroatoms. The molecule has 0 aliphatic rings. The number of alkyl carbamates (subject to hydrolysis) is 1. The third kappa shape index (κ3) is 7.59. The Morgan fingerprint density at radius 1 is 1.38 bits per heavy atom. The van der Waals surface area contributed by atoms with Gasteiger partial charge in [-0.15, -0.1) is 11.6 Å². The van der Waals surface area contributed by atoms with Crippen molar-refractivity contribution in [1.82, 2.24) is 5.32 Å². The Bertz CT molecular complexity index is 173. The molecule has 0 spiro atoms. The smallest absolute Gasteiger partial charge is 0.413 e. The van der Waals surface area contributed by atoms with Gasteiger partial charge in [0.15, 0.2) is 0 Å². The molecule has 0 saturated heterocycles. The van der Waals surface area contributed by atoms with E-state index in [1.807, 2.05) is 0 Å². The highest BCUT2D eigenvalue weighted by atomic mass is 35.5. The summed E-state index contributed by atoms with van der Waals surface area (Å²) >= 11 is 5.42. The van der Waals surface area contributed by atoms with E-state index in [1.54, 1.807) is 6.92 Å². The molecule has 0 heterocycles. The van der Waals surface area contributed by atoms with Crippen LogP contribution in [0.25, 0.3) is 0 Å². The van der Waals surface area contributed by atoms with Crippen molar-refractivity contribution in [3.05, 3.63) is 0 Å². The van der Waals surface area contributed by atoms with E-state index in [0.29, 0.717) is 18.7 Å². The quantitative estimate of drug-likeness (QED) is 0.551. The molecule has 13 heavy (non-hydrogen) atoms. The second-order valence-corrected chi connectivity index (χ2v) is 2.79. The van der Waals surface area contributed by atoms with Crippen molar-refractivity contribution >= 4 is 23.6 Å². The first-order chi connectivity index (χ1) is 6.20. The summed E-state index contributed by atoms with van der Waals surface area (Å²) in [4.78, 5) is 21.7. The number of unbranched alkanes of at least 4 members (excludes halogenated alkanes) is 1. The Kier molecular flexibility index (Phi) is 7.39. The number of ether oxygens (including phenoxy) is 1. The first-order valence-electron chi connectivity index (χ1n) is 4.23. The molecular weight excluding hydrogens is 194 g/mol. The first-order valence-corrected chi connectivity index (χ1v) is 4.76. The lowest BCUT2D eigenvalue weighted by molar-refractivity contribution is -0.120. The number of rotatable bonds is 5. The molecule has 0 aliphatic heterocycles. The van der Waals surface area contributed by atoms with Gasteiger partial charge in [-0.25, -0.2) is 4.79 Å². The van der Waals surface area contributed by atoms with Crippen molar-refractivity contribution < 1.29 is 14.3 Å².